The van der Waals surface area contributed by atoms with E-state index in [2.05, 4.69) is 18.7 Å². The molecule has 0 unspecified atom stereocenters. The Bertz CT molecular complexity index is 404. The van der Waals surface area contributed by atoms with Crippen molar-refractivity contribution in [2.75, 3.05) is 26.2 Å². The Kier molecular flexibility index (Phi) is 4.03. The lowest BCUT2D eigenvalue weighted by atomic mass is 9.63. The van der Waals surface area contributed by atoms with Gasteiger partial charge in [-0.05, 0) is 68.4 Å². The molecule has 3 nitrogen and oxygen atoms in total. The Morgan fingerprint density at radius 2 is 1.91 bits per heavy atom. The number of likely N-dealkylation sites (tertiary alicyclic amines) is 1. The van der Waals surface area contributed by atoms with Gasteiger partial charge in [-0.25, -0.2) is 0 Å². The average molecular weight is 307 g/mol. The van der Waals surface area contributed by atoms with E-state index in [0.29, 0.717) is 16.9 Å². The number of hydrogen-bond acceptors (Lipinski definition) is 3. The number of nitrogens with zero attached hydrogens (tertiary/aromatic N) is 1. The molecule has 4 fully saturated rings. The van der Waals surface area contributed by atoms with E-state index in [9.17, 15) is 0 Å². The lowest BCUT2D eigenvalue weighted by Gasteiger charge is -2.43. The van der Waals surface area contributed by atoms with E-state index in [4.69, 9.17) is 9.47 Å². The van der Waals surface area contributed by atoms with Crippen LogP contribution in [0.1, 0.15) is 65.2 Å². The molecule has 4 rings (SSSR count). The minimum atomic E-state index is 0.0610. The summed E-state index contributed by atoms with van der Waals surface area (Å²) >= 11 is 0. The van der Waals surface area contributed by atoms with Gasteiger partial charge < -0.3 is 14.4 Å². The van der Waals surface area contributed by atoms with Crippen LogP contribution >= 0.6 is 0 Å². The van der Waals surface area contributed by atoms with E-state index in [1.165, 1.54) is 58.0 Å². The number of piperidine rings is 1. The van der Waals surface area contributed by atoms with Gasteiger partial charge in [0.05, 0.1) is 12.7 Å². The molecule has 4 atom stereocenters. The molecule has 0 N–H and O–H groups in total. The molecule has 0 amide bonds. The van der Waals surface area contributed by atoms with Gasteiger partial charge in [-0.3, -0.25) is 0 Å². The van der Waals surface area contributed by atoms with Crippen molar-refractivity contribution < 1.29 is 9.47 Å². The smallest absolute Gasteiger partial charge is 0.158 e. The normalized spacial score (nSPS) is 44.7. The first-order chi connectivity index (χ1) is 10.6. The lowest BCUT2D eigenvalue weighted by Crippen LogP contribution is -2.38. The second-order valence-electron chi connectivity index (χ2n) is 9.06. The summed E-state index contributed by atoms with van der Waals surface area (Å²) < 4.78 is 12.4. The highest BCUT2D eigenvalue weighted by molar-refractivity contribution is 5.06. The van der Waals surface area contributed by atoms with E-state index in [1.807, 2.05) is 0 Å². The molecule has 2 saturated carbocycles. The van der Waals surface area contributed by atoms with E-state index >= 15 is 0 Å². The lowest BCUT2D eigenvalue weighted by molar-refractivity contribution is -0.105. The zero-order valence-electron chi connectivity index (χ0n) is 14.5. The van der Waals surface area contributed by atoms with E-state index in [1.54, 1.807) is 0 Å². The second-order valence-corrected chi connectivity index (χ2v) is 9.06. The van der Waals surface area contributed by atoms with Crippen LogP contribution in [0, 0.1) is 16.7 Å². The zero-order chi connectivity index (χ0) is 15.2. The van der Waals surface area contributed by atoms with Crippen molar-refractivity contribution >= 4 is 0 Å². The number of ether oxygens (including phenoxy) is 2. The maximum Gasteiger partial charge on any atom is 0.158 e. The van der Waals surface area contributed by atoms with Gasteiger partial charge in [0.25, 0.3) is 0 Å². The fourth-order valence-corrected chi connectivity index (χ4v) is 5.89. The van der Waals surface area contributed by atoms with Crippen molar-refractivity contribution in [3.05, 3.63) is 0 Å². The SMILES string of the molecule is CC1(C)C[C@H]2CC[C@@]1(C[C@@H]1OC[C@H](CN3CCCCC3)O1)C2. The van der Waals surface area contributed by atoms with Crippen molar-refractivity contribution in [2.45, 2.75) is 77.6 Å². The summed E-state index contributed by atoms with van der Waals surface area (Å²) in [5, 5.41) is 0. The molecule has 0 spiro atoms. The standard InChI is InChI=1S/C19H33NO2/c1-18(2)10-15-6-7-19(18,11-15)12-17-21-14-16(22-17)13-20-8-4-3-5-9-20/h15-17H,3-14H2,1-2H3/t15-,16+,17-,19+/m1/s1. The molecule has 0 aromatic heterocycles. The maximum absolute atomic E-state index is 6.30. The summed E-state index contributed by atoms with van der Waals surface area (Å²) in [6.07, 6.45) is 11.3. The van der Waals surface area contributed by atoms with E-state index in [0.717, 1.165) is 25.5 Å². The van der Waals surface area contributed by atoms with E-state index < -0.39 is 0 Å². The third-order valence-electron chi connectivity index (χ3n) is 7.23. The molecule has 22 heavy (non-hydrogen) atoms. The third-order valence-corrected chi connectivity index (χ3v) is 7.23. The highest BCUT2D eigenvalue weighted by Crippen LogP contribution is 2.66. The van der Waals surface area contributed by atoms with Gasteiger partial charge in [-0.15, -0.1) is 0 Å². The Labute approximate surface area is 135 Å². The van der Waals surface area contributed by atoms with Gasteiger partial charge in [0.2, 0.25) is 0 Å². The van der Waals surface area contributed by atoms with Crippen LogP contribution in [0.25, 0.3) is 0 Å². The van der Waals surface area contributed by atoms with Crippen molar-refractivity contribution in [2.24, 2.45) is 16.7 Å². The quantitative estimate of drug-likeness (QED) is 0.788. The number of fused-ring (bicyclic) bond motifs is 2. The monoisotopic (exact) mass is 307 g/mol. The summed E-state index contributed by atoms with van der Waals surface area (Å²) in [5.74, 6) is 0.973. The Balaban J connectivity index is 1.31. The second kappa shape index (κ2) is 5.75. The molecule has 3 heteroatoms. The number of hydrogen-bond donors (Lipinski definition) is 0. The van der Waals surface area contributed by atoms with Gasteiger partial charge in [-0.1, -0.05) is 20.3 Å². The molecule has 2 aliphatic heterocycles. The van der Waals surface area contributed by atoms with Gasteiger partial charge in [-0.2, -0.15) is 0 Å². The van der Waals surface area contributed by atoms with Gasteiger partial charge in [0, 0.05) is 13.0 Å². The van der Waals surface area contributed by atoms with Crippen LogP contribution in [0.2, 0.25) is 0 Å². The summed E-state index contributed by atoms with van der Waals surface area (Å²) in [6.45, 7) is 9.35. The summed E-state index contributed by atoms with van der Waals surface area (Å²) in [6, 6.07) is 0. The van der Waals surface area contributed by atoms with Gasteiger partial charge in [0.15, 0.2) is 6.29 Å². The largest absolute Gasteiger partial charge is 0.350 e. The van der Waals surface area contributed by atoms with Crippen molar-refractivity contribution in [1.82, 2.24) is 4.90 Å². The van der Waals surface area contributed by atoms with E-state index in [-0.39, 0.29) is 6.29 Å². The molecule has 0 aromatic carbocycles. The van der Waals surface area contributed by atoms with Crippen molar-refractivity contribution in [1.29, 1.82) is 0 Å². The molecule has 2 saturated heterocycles. The van der Waals surface area contributed by atoms with Crippen molar-refractivity contribution in [3.8, 4) is 0 Å². The molecule has 126 valence electrons. The first-order valence-electron chi connectivity index (χ1n) is 9.56. The molecule has 2 aliphatic carbocycles. The van der Waals surface area contributed by atoms with Gasteiger partial charge >= 0.3 is 0 Å². The Morgan fingerprint density at radius 1 is 1.09 bits per heavy atom. The van der Waals surface area contributed by atoms with Crippen LogP contribution in [-0.2, 0) is 9.47 Å². The van der Waals surface area contributed by atoms with Crippen LogP contribution in [-0.4, -0.2) is 43.5 Å². The highest BCUT2D eigenvalue weighted by atomic mass is 16.7. The van der Waals surface area contributed by atoms with Crippen LogP contribution in [0.4, 0.5) is 0 Å². The van der Waals surface area contributed by atoms with Crippen LogP contribution < -0.4 is 0 Å². The Hall–Kier alpha value is -0.120. The first-order valence-corrected chi connectivity index (χ1v) is 9.56. The third kappa shape index (κ3) is 2.74. The summed E-state index contributed by atoms with van der Waals surface area (Å²) in [4.78, 5) is 2.57. The molecule has 0 radical (unpaired) electrons. The highest BCUT2D eigenvalue weighted by Gasteiger charge is 2.57. The summed E-state index contributed by atoms with van der Waals surface area (Å²) in [5.41, 5.74) is 0.968. The predicted molar refractivity (Wildman–Crippen MR) is 87.7 cm³/mol. The minimum absolute atomic E-state index is 0.0610. The molecule has 0 aromatic rings. The molecular formula is C19H33NO2. The topological polar surface area (TPSA) is 21.7 Å². The maximum atomic E-state index is 6.30. The van der Waals surface area contributed by atoms with Crippen LogP contribution in [0.15, 0.2) is 0 Å². The average Bonchev–Trinajstić information content (AvgIpc) is 3.14. The van der Waals surface area contributed by atoms with Gasteiger partial charge in [0.1, 0.15) is 0 Å². The summed E-state index contributed by atoms with van der Waals surface area (Å²) in [7, 11) is 0. The predicted octanol–water partition coefficient (Wildman–Crippen LogP) is 3.82. The zero-order valence-corrected chi connectivity index (χ0v) is 14.5. The molecule has 4 aliphatic rings. The fourth-order valence-electron chi connectivity index (χ4n) is 5.89. The molecule has 2 bridgehead atoms. The van der Waals surface area contributed by atoms with Crippen molar-refractivity contribution in [3.63, 3.8) is 0 Å². The molecular weight excluding hydrogens is 274 g/mol. The Morgan fingerprint density at radius 3 is 2.59 bits per heavy atom. The first kappa shape index (κ1) is 15.4. The van der Waals surface area contributed by atoms with Crippen LogP contribution in [0.5, 0.6) is 0 Å². The number of rotatable bonds is 4. The fraction of sp³-hybridized carbons (Fsp3) is 1.00. The minimum Gasteiger partial charge on any atom is -0.350 e. The molecule has 2 heterocycles. The van der Waals surface area contributed by atoms with Crippen LogP contribution in [0.3, 0.4) is 0 Å².